The lowest BCUT2D eigenvalue weighted by Crippen LogP contribution is -2.38. The minimum atomic E-state index is -0.301. The molecule has 1 aliphatic heterocycles. The molecule has 1 aromatic heterocycles. The first kappa shape index (κ1) is 22.6. The van der Waals surface area contributed by atoms with E-state index < -0.39 is 0 Å². The number of aromatic nitrogens is 3. The molecule has 1 saturated heterocycles. The number of piperidine rings is 1. The van der Waals surface area contributed by atoms with E-state index in [4.69, 9.17) is 5.73 Å². The Kier molecular flexibility index (Phi) is 6.24. The van der Waals surface area contributed by atoms with Crippen molar-refractivity contribution in [3.05, 3.63) is 47.5 Å². The number of nitrogens with two attached hydrogens (primary N) is 1. The van der Waals surface area contributed by atoms with Crippen LogP contribution < -0.4 is 5.73 Å². The molecule has 2 aromatic carbocycles. The number of rotatable bonds is 6. The largest absolute Gasteiger partial charge is 0.508 e. The Bertz CT molecular complexity index is 1150. The topological polar surface area (TPSA) is 138 Å². The molecule has 5 N–H and O–H groups in total. The fourth-order valence-corrected chi connectivity index (χ4v) is 4.31. The summed E-state index contributed by atoms with van der Waals surface area (Å²) in [5.74, 6) is -0.0999. The van der Waals surface area contributed by atoms with Gasteiger partial charge in [0, 0.05) is 18.5 Å². The number of primary amides is 1. The minimum absolute atomic E-state index is 0.00533. The monoisotopic (exact) mass is 451 g/mol. The van der Waals surface area contributed by atoms with Crippen molar-refractivity contribution in [3.63, 3.8) is 0 Å². The molecular formula is C24H29N5O4. The number of carbonyl (C=O) groups excluding carboxylic acids is 1. The second kappa shape index (κ2) is 9.11. The molecule has 0 bridgehead atoms. The van der Waals surface area contributed by atoms with Gasteiger partial charge in [-0.2, -0.15) is 0 Å². The van der Waals surface area contributed by atoms with Crippen molar-refractivity contribution >= 4 is 5.91 Å². The number of amides is 1. The molecule has 4 rings (SSSR count). The number of aromatic hydroxyl groups is 3. The molecule has 1 aliphatic rings. The quantitative estimate of drug-likeness (QED) is 0.452. The lowest BCUT2D eigenvalue weighted by molar-refractivity contribution is -0.123. The summed E-state index contributed by atoms with van der Waals surface area (Å²) in [7, 11) is 0. The van der Waals surface area contributed by atoms with Gasteiger partial charge < -0.3 is 21.1 Å². The third-order valence-corrected chi connectivity index (χ3v) is 6.24. The Labute approximate surface area is 192 Å². The number of phenols is 2. The normalized spacial score (nSPS) is 15.2. The molecule has 0 spiro atoms. The molecular weight excluding hydrogens is 422 g/mol. The molecule has 0 unspecified atom stereocenters. The van der Waals surface area contributed by atoms with Gasteiger partial charge in [0.2, 0.25) is 5.91 Å². The van der Waals surface area contributed by atoms with E-state index in [0.29, 0.717) is 16.8 Å². The van der Waals surface area contributed by atoms with Crippen LogP contribution in [0.25, 0.3) is 17.1 Å². The molecule has 0 aliphatic carbocycles. The maximum atomic E-state index is 11.4. The fraction of sp³-hybridized carbons (Fsp3) is 0.375. The van der Waals surface area contributed by atoms with E-state index in [2.05, 4.69) is 15.1 Å². The van der Waals surface area contributed by atoms with Gasteiger partial charge in [-0.3, -0.25) is 9.69 Å². The molecule has 9 heteroatoms. The van der Waals surface area contributed by atoms with Crippen molar-refractivity contribution in [1.82, 2.24) is 19.7 Å². The van der Waals surface area contributed by atoms with Crippen molar-refractivity contribution in [3.8, 4) is 34.6 Å². The Morgan fingerprint density at radius 2 is 1.73 bits per heavy atom. The Morgan fingerprint density at radius 3 is 2.33 bits per heavy atom. The van der Waals surface area contributed by atoms with E-state index in [1.54, 1.807) is 6.07 Å². The predicted octanol–water partition coefficient (Wildman–Crippen LogP) is 2.87. The first-order valence-electron chi connectivity index (χ1n) is 11.1. The van der Waals surface area contributed by atoms with Crippen LogP contribution >= 0.6 is 0 Å². The predicted molar refractivity (Wildman–Crippen MR) is 123 cm³/mol. The van der Waals surface area contributed by atoms with Crippen LogP contribution in [-0.2, 0) is 11.3 Å². The molecule has 3 aromatic rings. The highest BCUT2D eigenvalue weighted by Crippen LogP contribution is 2.38. The summed E-state index contributed by atoms with van der Waals surface area (Å²) in [6, 6.07) is 10.3. The van der Waals surface area contributed by atoms with E-state index in [1.807, 2.05) is 38.1 Å². The lowest BCUT2D eigenvalue weighted by atomic mass is 9.96. The van der Waals surface area contributed by atoms with Crippen LogP contribution in [0, 0.1) is 5.92 Å². The summed E-state index contributed by atoms with van der Waals surface area (Å²) in [5.41, 5.74) is 8.18. The standard InChI is InChI=1S/C24H29N5O4/c1-14(2)18-11-19(21(31)12-20(18)30)23-26-27-24(33)29(23)17-5-3-15(4-6-17)13-28-9-7-16(8-10-28)22(25)32/h3-6,11-12,14,16,30-31H,7-10,13H2,1-2H3,(H2,25,32)(H,27,33). The average Bonchev–Trinajstić information content (AvgIpc) is 3.15. The van der Waals surface area contributed by atoms with Crippen LogP contribution in [0.15, 0.2) is 36.4 Å². The number of phenolic OH excluding ortho intramolecular Hbond substituents is 2. The highest BCUT2D eigenvalue weighted by molar-refractivity contribution is 5.76. The van der Waals surface area contributed by atoms with Gasteiger partial charge in [0.25, 0.3) is 0 Å². The van der Waals surface area contributed by atoms with Gasteiger partial charge in [-0.1, -0.05) is 31.1 Å². The van der Waals surface area contributed by atoms with Gasteiger partial charge in [-0.25, -0.2) is 4.57 Å². The highest BCUT2D eigenvalue weighted by Gasteiger charge is 2.23. The van der Waals surface area contributed by atoms with Gasteiger partial charge in [-0.15, -0.1) is 5.10 Å². The van der Waals surface area contributed by atoms with E-state index in [9.17, 15) is 20.1 Å². The molecule has 1 amide bonds. The van der Waals surface area contributed by atoms with Crippen molar-refractivity contribution in [2.75, 3.05) is 13.1 Å². The fourth-order valence-electron chi connectivity index (χ4n) is 4.31. The summed E-state index contributed by atoms with van der Waals surface area (Å²) in [6.07, 6.45) is 1.56. The summed E-state index contributed by atoms with van der Waals surface area (Å²) in [6.45, 7) is 6.28. The summed E-state index contributed by atoms with van der Waals surface area (Å²) >= 11 is 0. The van der Waals surface area contributed by atoms with Crippen molar-refractivity contribution in [1.29, 1.82) is 0 Å². The van der Waals surface area contributed by atoms with E-state index in [0.717, 1.165) is 38.0 Å². The molecule has 0 radical (unpaired) electrons. The van der Waals surface area contributed by atoms with Gasteiger partial charge >= 0.3 is 6.01 Å². The molecule has 33 heavy (non-hydrogen) atoms. The molecule has 174 valence electrons. The zero-order valence-corrected chi connectivity index (χ0v) is 18.8. The van der Waals surface area contributed by atoms with Crippen LogP contribution in [0.2, 0.25) is 0 Å². The Hall–Kier alpha value is -3.59. The zero-order chi connectivity index (χ0) is 23.7. The minimum Gasteiger partial charge on any atom is -0.508 e. The first-order valence-corrected chi connectivity index (χ1v) is 11.1. The second-order valence-corrected chi connectivity index (χ2v) is 8.86. The van der Waals surface area contributed by atoms with Gasteiger partial charge in [-0.05, 0) is 61.2 Å². The number of nitrogens with zero attached hydrogens (tertiary/aromatic N) is 4. The number of carbonyl (C=O) groups is 1. The molecule has 0 atom stereocenters. The van der Waals surface area contributed by atoms with Crippen molar-refractivity contribution in [2.24, 2.45) is 11.7 Å². The van der Waals surface area contributed by atoms with Crippen LogP contribution in [0.5, 0.6) is 17.5 Å². The summed E-state index contributed by atoms with van der Waals surface area (Å²) < 4.78 is 1.46. The van der Waals surface area contributed by atoms with Crippen LogP contribution in [-0.4, -0.2) is 54.0 Å². The zero-order valence-electron chi connectivity index (χ0n) is 18.8. The number of benzene rings is 2. The molecule has 9 nitrogen and oxygen atoms in total. The number of likely N-dealkylation sites (tertiary alicyclic amines) is 1. The van der Waals surface area contributed by atoms with Crippen LogP contribution in [0.4, 0.5) is 0 Å². The maximum Gasteiger partial charge on any atom is 0.319 e. The summed E-state index contributed by atoms with van der Waals surface area (Å²) in [5, 5.41) is 38.8. The molecule has 0 saturated carbocycles. The number of hydrogen-bond donors (Lipinski definition) is 4. The van der Waals surface area contributed by atoms with E-state index >= 15 is 0 Å². The number of hydrogen-bond acceptors (Lipinski definition) is 7. The summed E-state index contributed by atoms with van der Waals surface area (Å²) in [4.78, 5) is 13.6. The van der Waals surface area contributed by atoms with Gasteiger partial charge in [0.1, 0.15) is 11.5 Å². The third-order valence-electron chi connectivity index (χ3n) is 6.24. The highest BCUT2D eigenvalue weighted by atomic mass is 16.3. The van der Waals surface area contributed by atoms with E-state index in [-0.39, 0.29) is 41.1 Å². The Balaban J connectivity index is 1.58. The SMILES string of the molecule is CC(C)c1cc(-c2nnc(O)n2-c2ccc(CN3CCC(C(N)=O)CC3)cc2)c(O)cc1O. The molecule has 1 fully saturated rings. The lowest BCUT2D eigenvalue weighted by Gasteiger charge is -2.30. The van der Waals surface area contributed by atoms with Crippen LogP contribution in [0.1, 0.15) is 43.7 Å². The van der Waals surface area contributed by atoms with Crippen molar-refractivity contribution in [2.45, 2.75) is 39.2 Å². The second-order valence-electron chi connectivity index (χ2n) is 8.86. The Morgan fingerprint density at radius 1 is 1.06 bits per heavy atom. The maximum absolute atomic E-state index is 11.4. The van der Waals surface area contributed by atoms with Crippen molar-refractivity contribution < 1.29 is 20.1 Å². The van der Waals surface area contributed by atoms with Gasteiger partial charge in [0.05, 0.1) is 11.3 Å². The molecule has 2 heterocycles. The first-order chi connectivity index (χ1) is 15.7. The third kappa shape index (κ3) is 4.63. The smallest absolute Gasteiger partial charge is 0.319 e. The van der Waals surface area contributed by atoms with Crippen LogP contribution in [0.3, 0.4) is 0 Å². The average molecular weight is 452 g/mol. The van der Waals surface area contributed by atoms with Gasteiger partial charge in [0.15, 0.2) is 5.82 Å². The van der Waals surface area contributed by atoms with E-state index in [1.165, 1.54) is 10.6 Å².